The van der Waals surface area contributed by atoms with E-state index in [1.54, 1.807) is 0 Å². The molecule has 5 heteroatoms. The molecule has 0 aromatic rings. The van der Waals surface area contributed by atoms with Gasteiger partial charge in [-0.2, -0.15) is 0 Å². The van der Waals surface area contributed by atoms with E-state index >= 15 is 0 Å². The van der Waals surface area contributed by atoms with Gasteiger partial charge in [-0.3, -0.25) is 4.79 Å². The summed E-state index contributed by atoms with van der Waals surface area (Å²) in [6.45, 7) is 0.149. The van der Waals surface area contributed by atoms with Gasteiger partial charge in [-0.05, 0) is 0 Å². The average Bonchev–Trinajstić information content (AvgIpc) is 1.35. The van der Waals surface area contributed by atoms with Crippen LogP contribution in [-0.4, -0.2) is 46.5 Å². The van der Waals surface area contributed by atoms with Crippen LogP contribution in [0.2, 0.25) is 0 Å². The van der Waals surface area contributed by atoms with Gasteiger partial charge in [0, 0.05) is 6.26 Å². The molecule has 0 amide bonds. The van der Waals surface area contributed by atoms with E-state index in [2.05, 4.69) is 4.18 Å². The Bertz CT molecular complexity index is 73.3. The first-order valence-electron chi connectivity index (χ1n) is 1.21. The Balaban J connectivity index is 0. The summed E-state index contributed by atoms with van der Waals surface area (Å²) < 4.78 is 13.5. The van der Waals surface area contributed by atoms with E-state index in [1.165, 1.54) is 6.26 Å². The Morgan fingerprint density at radius 2 is 2.14 bits per heavy atom. The van der Waals surface area contributed by atoms with Crippen molar-refractivity contribution in [1.82, 2.24) is 0 Å². The molecule has 38 valence electrons. The zero-order valence-electron chi connectivity index (χ0n) is 3.21. The van der Waals surface area contributed by atoms with Gasteiger partial charge in [0.05, 0.1) is 0 Å². The first kappa shape index (κ1) is 10.6. The van der Waals surface area contributed by atoms with Crippen LogP contribution in [0, 0.1) is 0 Å². The standard InChI is InChI=1S/C2H4O3S.Na.H/c1-6(4)5-2-3;;/h2H,1H3;;. The van der Waals surface area contributed by atoms with Gasteiger partial charge in [-0.15, -0.1) is 0 Å². The zero-order valence-corrected chi connectivity index (χ0v) is 4.03. The van der Waals surface area contributed by atoms with Crippen molar-refractivity contribution in [2.24, 2.45) is 0 Å². The van der Waals surface area contributed by atoms with Crippen molar-refractivity contribution in [3.05, 3.63) is 0 Å². The Morgan fingerprint density at radius 1 is 1.71 bits per heavy atom. The molecule has 0 spiro atoms. The Labute approximate surface area is 66.4 Å². The first-order valence-corrected chi connectivity index (χ1v) is 2.70. The van der Waals surface area contributed by atoms with Gasteiger partial charge in [0.25, 0.3) is 0 Å². The molecule has 0 radical (unpaired) electrons. The van der Waals surface area contributed by atoms with Crippen LogP contribution < -0.4 is 0 Å². The predicted octanol–water partition coefficient (Wildman–Crippen LogP) is -1.20. The van der Waals surface area contributed by atoms with E-state index < -0.39 is 11.1 Å². The molecule has 0 aliphatic carbocycles. The van der Waals surface area contributed by atoms with E-state index in [9.17, 15) is 9.00 Å². The fourth-order valence-corrected chi connectivity index (χ4v) is 0.166. The topological polar surface area (TPSA) is 43.4 Å². The van der Waals surface area contributed by atoms with Crippen molar-refractivity contribution in [3.63, 3.8) is 0 Å². The molecule has 0 aromatic carbocycles. The van der Waals surface area contributed by atoms with Crippen LogP contribution in [0.5, 0.6) is 0 Å². The van der Waals surface area contributed by atoms with Crippen molar-refractivity contribution in [2.75, 3.05) is 6.26 Å². The minimum atomic E-state index is -1.43. The predicted molar refractivity (Wildman–Crippen MR) is 28.4 cm³/mol. The summed E-state index contributed by atoms with van der Waals surface area (Å²) in [5.41, 5.74) is 0. The molecular weight excluding hydrogens is 127 g/mol. The third-order valence-electron chi connectivity index (χ3n) is 0.175. The van der Waals surface area contributed by atoms with Crippen LogP contribution in [0.1, 0.15) is 0 Å². The van der Waals surface area contributed by atoms with Gasteiger partial charge in [-0.1, -0.05) is 0 Å². The van der Waals surface area contributed by atoms with Crippen molar-refractivity contribution in [1.29, 1.82) is 0 Å². The second-order valence-corrected chi connectivity index (χ2v) is 1.59. The van der Waals surface area contributed by atoms with Gasteiger partial charge < -0.3 is 4.18 Å². The van der Waals surface area contributed by atoms with Crippen molar-refractivity contribution in [3.8, 4) is 0 Å². The Hall–Kier alpha value is 0.620. The van der Waals surface area contributed by atoms with E-state index in [4.69, 9.17) is 0 Å². The molecule has 0 saturated carbocycles. The summed E-state index contributed by atoms with van der Waals surface area (Å²) in [4.78, 5) is 9.20. The number of hydrogen-bond donors (Lipinski definition) is 0. The van der Waals surface area contributed by atoms with Crippen molar-refractivity contribution < 1.29 is 13.2 Å². The molecule has 7 heavy (non-hydrogen) atoms. The third-order valence-corrected chi connectivity index (χ3v) is 0.524. The van der Waals surface area contributed by atoms with Crippen LogP contribution >= 0.6 is 0 Å². The summed E-state index contributed by atoms with van der Waals surface area (Å²) in [6.07, 6.45) is 1.27. The molecule has 0 saturated heterocycles. The Kier molecular flexibility index (Phi) is 10.00. The molecule has 0 bridgehead atoms. The van der Waals surface area contributed by atoms with Crippen LogP contribution in [-0.2, 0) is 20.1 Å². The molecule has 0 aromatic heterocycles. The average molecular weight is 132 g/mol. The normalized spacial score (nSPS) is 11.0. The summed E-state index contributed by atoms with van der Waals surface area (Å²) in [6, 6.07) is 0. The SMILES string of the molecule is CS(=O)OC=O.[NaH]. The fourth-order valence-electron chi connectivity index (χ4n) is 0.0553. The van der Waals surface area contributed by atoms with E-state index in [-0.39, 0.29) is 36.0 Å². The molecule has 0 rings (SSSR count). The molecule has 0 heterocycles. The van der Waals surface area contributed by atoms with E-state index in [0.29, 0.717) is 0 Å². The maximum atomic E-state index is 9.70. The first-order chi connectivity index (χ1) is 2.77. The summed E-state index contributed by atoms with van der Waals surface area (Å²) in [5.74, 6) is 0. The van der Waals surface area contributed by atoms with Crippen LogP contribution in [0.15, 0.2) is 0 Å². The van der Waals surface area contributed by atoms with Crippen molar-refractivity contribution in [2.45, 2.75) is 0 Å². The second kappa shape index (κ2) is 6.62. The minimum absolute atomic E-state index is 0. The summed E-state index contributed by atoms with van der Waals surface area (Å²) in [5, 5.41) is 0. The van der Waals surface area contributed by atoms with Gasteiger partial charge >= 0.3 is 36.0 Å². The van der Waals surface area contributed by atoms with Gasteiger partial charge in [0.15, 0.2) is 0 Å². The quantitative estimate of drug-likeness (QED) is 0.350. The van der Waals surface area contributed by atoms with Gasteiger partial charge in [0.2, 0.25) is 11.1 Å². The monoisotopic (exact) mass is 132 g/mol. The molecule has 0 fully saturated rings. The van der Waals surface area contributed by atoms with Crippen LogP contribution in [0.3, 0.4) is 0 Å². The summed E-state index contributed by atoms with van der Waals surface area (Å²) >= 11 is -1.43. The number of rotatable bonds is 2. The molecular formula is C2H5NaO3S. The number of carbonyl (C=O) groups is 1. The van der Waals surface area contributed by atoms with Crippen molar-refractivity contribution >= 4 is 47.1 Å². The number of carbonyl (C=O) groups excluding carboxylic acids is 1. The molecule has 0 aliphatic heterocycles. The second-order valence-electron chi connectivity index (χ2n) is 0.594. The van der Waals surface area contributed by atoms with Gasteiger partial charge in [-0.25, -0.2) is 4.21 Å². The molecule has 3 nitrogen and oxygen atoms in total. The van der Waals surface area contributed by atoms with E-state index in [1.807, 2.05) is 0 Å². The maximum absolute atomic E-state index is 9.70. The van der Waals surface area contributed by atoms with Crippen LogP contribution in [0.4, 0.5) is 0 Å². The number of hydrogen-bond acceptors (Lipinski definition) is 3. The van der Waals surface area contributed by atoms with E-state index in [0.717, 1.165) is 0 Å². The zero-order chi connectivity index (χ0) is 4.99. The van der Waals surface area contributed by atoms with Gasteiger partial charge in [0.1, 0.15) is 0 Å². The molecule has 1 unspecified atom stereocenters. The third kappa shape index (κ3) is 10.8. The molecule has 0 N–H and O–H groups in total. The van der Waals surface area contributed by atoms with Crippen LogP contribution in [0.25, 0.3) is 0 Å². The fraction of sp³-hybridized carbons (Fsp3) is 0.500. The molecule has 0 aliphatic rings. The molecule has 1 atom stereocenters. The summed E-state index contributed by atoms with van der Waals surface area (Å²) in [7, 11) is 0. The Morgan fingerprint density at radius 3 is 2.14 bits per heavy atom.